The summed E-state index contributed by atoms with van der Waals surface area (Å²) in [4.78, 5) is 5.60. The van der Waals surface area contributed by atoms with Crippen molar-refractivity contribution in [3.63, 3.8) is 0 Å². The molecule has 8 bridgehead atoms. The first-order valence-corrected chi connectivity index (χ1v) is 22.9. The zero-order valence-electron chi connectivity index (χ0n) is 36.7. The maximum atomic E-state index is 7.26. The molecule has 1 aliphatic rings. The van der Waals surface area contributed by atoms with Gasteiger partial charge in [0.05, 0.1) is 44.8 Å². The molecule has 0 radical (unpaired) electrons. The number of imidazole rings is 1. The van der Waals surface area contributed by atoms with Gasteiger partial charge in [0, 0.05) is 45.6 Å². The third-order valence-electron chi connectivity index (χ3n) is 13.5. The Kier molecular flexibility index (Phi) is 8.48. The zero-order chi connectivity index (χ0) is 44.7. The quantitative estimate of drug-likeness (QED) is 0.131. The molecule has 0 unspecified atom stereocenters. The molecule has 0 spiro atoms. The normalized spacial score (nSPS) is 11.9. The van der Waals surface area contributed by atoms with Gasteiger partial charge in [-0.25, -0.2) is 4.98 Å². The third-order valence-corrected chi connectivity index (χ3v) is 13.5. The Morgan fingerprint density at radius 2 is 1.07 bits per heavy atom. The third kappa shape index (κ3) is 5.98. The van der Waals surface area contributed by atoms with Crippen LogP contribution in [0.5, 0.6) is 11.5 Å². The fourth-order valence-corrected chi connectivity index (χ4v) is 10.4. The van der Waals surface area contributed by atoms with E-state index in [0.717, 1.165) is 100 Å². The Balaban J connectivity index is 1.10. The fraction of sp³-hybridized carbons (Fsp3) is 0. The molecule has 4 aromatic heterocycles. The summed E-state index contributed by atoms with van der Waals surface area (Å²) >= 11 is 0. The highest BCUT2D eigenvalue weighted by atomic mass is 16.5. The molecular weight excluding hydrogens is 831 g/mol. The molecular formula is C62H39N5O. The first kappa shape index (κ1) is 38.1. The molecule has 6 heteroatoms. The molecule has 6 nitrogen and oxygen atoms in total. The first-order chi connectivity index (χ1) is 33.7. The van der Waals surface area contributed by atoms with Crippen LogP contribution in [-0.2, 0) is 0 Å². The minimum absolute atomic E-state index is 0.701. The standard InChI is InChI=1S/C62H39N5O/c1-3-16-41(17-4-1)43-32-33-57-52(36-43)53-38-59(66-55-29-11-9-24-49(55)50-25-10-12-30-56(50)66)60-39-58(53)67(57)61-31-15-28-54(63-61)48-23-8-7-22-47(48)51-27-14-26-46(42-18-5-2-6-19-42)62(51)65-35-34-64(40-65)44-20-13-21-45(37-44)68-60/h1-39H. The summed E-state index contributed by atoms with van der Waals surface area (Å²) in [6.07, 6.45) is 7.86. The van der Waals surface area contributed by atoms with E-state index < -0.39 is 0 Å². The van der Waals surface area contributed by atoms with Crippen LogP contribution in [0.1, 0.15) is 0 Å². The van der Waals surface area contributed by atoms with Gasteiger partial charge in [-0.3, -0.25) is 13.7 Å². The number of hydrogen-bond donors (Lipinski definition) is 0. The van der Waals surface area contributed by atoms with Crippen molar-refractivity contribution >= 4 is 43.6 Å². The van der Waals surface area contributed by atoms with Gasteiger partial charge in [0.2, 0.25) is 0 Å². The number of pyridine rings is 1. The van der Waals surface area contributed by atoms with Gasteiger partial charge in [-0.05, 0) is 94.0 Å². The molecule has 0 N–H and O–H groups in total. The van der Waals surface area contributed by atoms with Gasteiger partial charge in [0.15, 0.2) is 5.75 Å². The van der Waals surface area contributed by atoms with E-state index in [1.807, 2.05) is 10.6 Å². The average molecular weight is 870 g/mol. The predicted molar refractivity (Wildman–Crippen MR) is 274 cm³/mol. The van der Waals surface area contributed by atoms with Crippen LogP contribution in [0.3, 0.4) is 0 Å². The molecule has 0 atom stereocenters. The Morgan fingerprint density at radius 1 is 0.426 bits per heavy atom. The Labute approximate surface area is 392 Å². The molecule has 0 aliphatic carbocycles. The highest BCUT2D eigenvalue weighted by molar-refractivity contribution is 6.13. The molecule has 14 rings (SSSR count). The molecule has 0 amide bonds. The minimum atomic E-state index is 0.701. The van der Waals surface area contributed by atoms with Crippen molar-refractivity contribution in [1.29, 1.82) is 0 Å². The summed E-state index contributed by atoms with van der Waals surface area (Å²) in [6, 6.07) is 79.7. The van der Waals surface area contributed by atoms with Crippen LogP contribution in [0.2, 0.25) is 0 Å². The maximum Gasteiger partial charge on any atom is 0.268 e. The first-order valence-electron chi connectivity index (χ1n) is 22.9. The molecule has 0 fully saturated rings. The lowest BCUT2D eigenvalue weighted by Crippen LogP contribution is -2.30. The fourth-order valence-electron chi connectivity index (χ4n) is 10.4. The van der Waals surface area contributed by atoms with E-state index in [-0.39, 0.29) is 0 Å². The van der Waals surface area contributed by atoms with Crippen molar-refractivity contribution in [2.75, 3.05) is 0 Å². The highest BCUT2D eigenvalue weighted by Gasteiger charge is 2.24. The zero-order valence-corrected chi connectivity index (χ0v) is 36.7. The monoisotopic (exact) mass is 869 g/mol. The molecule has 1 aliphatic heterocycles. The van der Waals surface area contributed by atoms with Crippen molar-refractivity contribution in [3.05, 3.63) is 243 Å². The summed E-state index contributed by atoms with van der Waals surface area (Å²) < 4.78 is 16.1. The molecule has 0 saturated carbocycles. The second-order valence-corrected chi connectivity index (χ2v) is 17.4. The van der Waals surface area contributed by atoms with E-state index in [1.165, 1.54) is 10.8 Å². The Morgan fingerprint density at radius 3 is 1.88 bits per heavy atom. The Hall–Kier alpha value is -9.26. The van der Waals surface area contributed by atoms with Gasteiger partial charge in [0.1, 0.15) is 11.6 Å². The van der Waals surface area contributed by atoms with Crippen LogP contribution in [0, 0.1) is 6.33 Å². The lowest BCUT2D eigenvalue weighted by Gasteiger charge is -2.19. The largest absolute Gasteiger partial charge is 0.456 e. The lowest BCUT2D eigenvalue weighted by molar-refractivity contribution is -0.598. The van der Waals surface area contributed by atoms with Crippen LogP contribution in [0.25, 0.3) is 111 Å². The number of para-hydroxylation sites is 3. The van der Waals surface area contributed by atoms with Crippen molar-refractivity contribution in [3.8, 4) is 79.0 Å². The number of rotatable bonds is 3. The highest BCUT2D eigenvalue weighted by Crippen LogP contribution is 2.44. The molecule has 9 aromatic carbocycles. The second-order valence-electron chi connectivity index (χ2n) is 17.4. The molecule has 68 heavy (non-hydrogen) atoms. The lowest BCUT2D eigenvalue weighted by atomic mass is 9.92. The van der Waals surface area contributed by atoms with E-state index in [9.17, 15) is 0 Å². The summed E-state index contributed by atoms with van der Waals surface area (Å²) in [6.45, 7) is 0. The summed E-state index contributed by atoms with van der Waals surface area (Å²) in [7, 11) is 0. The van der Waals surface area contributed by atoms with E-state index >= 15 is 0 Å². The maximum absolute atomic E-state index is 7.26. The van der Waals surface area contributed by atoms with Gasteiger partial charge in [-0.2, -0.15) is 0 Å². The van der Waals surface area contributed by atoms with E-state index in [1.54, 1.807) is 0 Å². The number of fused-ring (bicyclic) bond motifs is 20. The summed E-state index contributed by atoms with van der Waals surface area (Å²) in [5.41, 5.74) is 15.7. The molecule has 5 heterocycles. The van der Waals surface area contributed by atoms with Gasteiger partial charge in [0.25, 0.3) is 6.33 Å². The van der Waals surface area contributed by atoms with E-state index in [0.29, 0.717) is 11.5 Å². The summed E-state index contributed by atoms with van der Waals surface area (Å²) in [5, 5.41) is 4.57. The average Bonchev–Trinajstić information content (AvgIpc) is 4.12. The van der Waals surface area contributed by atoms with Crippen LogP contribution in [0.4, 0.5) is 0 Å². The summed E-state index contributed by atoms with van der Waals surface area (Å²) in [5.74, 6) is 2.22. The van der Waals surface area contributed by atoms with Crippen LogP contribution in [0.15, 0.2) is 237 Å². The van der Waals surface area contributed by atoms with Gasteiger partial charge < -0.3 is 9.30 Å². The number of benzene rings is 9. The number of aromatic nitrogens is 5. The molecule has 0 saturated heterocycles. The SMILES string of the molecule is [c-]1n2cc[n+]1-c1c(-c3ccccc3)cccc1-c1ccccc1-c1cccc(n1)-n1c3ccc(-c4ccccc4)cc3c3cc(-n4c5ccccc5c5ccccc54)c(cc31)Oc1cccc-2c1. The van der Waals surface area contributed by atoms with Gasteiger partial charge in [-0.15, -0.1) is 0 Å². The topological polar surface area (TPSA) is 40.8 Å². The van der Waals surface area contributed by atoms with Crippen molar-refractivity contribution in [2.24, 2.45) is 0 Å². The number of hydrogen-bond acceptors (Lipinski definition) is 2. The number of ether oxygens (including phenoxy) is 1. The Bertz CT molecular complexity index is 4070. The predicted octanol–water partition coefficient (Wildman–Crippen LogP) is 14.9. The van der Waals surface area contributed by atoms with Crippen molar-refractivity contribution in [2.45, 2.75) is 0 Å². The second kappa shape index (κ2) is 15.2. The van der Waals surface area contributed by atoms with E-state index in [2.05, 4.69) is 251 Å². The van der Waals surface area contributed by atoms with Gasteiger partial charge in [-0.1, -0.05) is 158 Å². The van der Waals surface area contributed by atoms with E-state index in [4.69, 9.17) is 9.72 Å². The van der Waals surface area contributed by atoms with Crippen molar-refractivity contribution in [1.82, 2.24) is 18.7 Å². The molecule has 13 aromatic rings. The van der Waals surface area contributed by atoms with Gasteiger partial charge >= 0.3 is 0 Å². The number of nitrogens with zero attached hydrogens (tertiary/aromatic N) is 5. The molecule has 318 valence electrons. The van der Waals surface area contributed by atoms with Crippen molar-refractivity contribution < 1.29 is 9.30 Å². The minimum Gasteiger partial charge on any atom is -0.456 e. The van der Waals surface area contributed by atoms with Crippen LogP contribution in [-0.4, -0.2) is 18.7 Å². The van der Waals surface area contributed by atoms with Crippen LogP contribution >= 0.6 is 0 Å². The smallest absolute Gasteiger partial charge is 0.268 e. The van der Waals surface area contributed by atoms with Crippen LogP contribution < -0.4 is 9.30 Å².